The highest BCUT2D eigenvalue weighted by Gasteiger charge is 2.23. The third-order valence-corrected chi connectivity index (χ3v) is 5.91. The van der Waals surface area contributed by atoms with Crippen LogP contribution in [-0.4, -0.2) is 79.3 Å². The lowest BCUT2D eigenvalue weighted by Gasteiger charge is -2.22. The standard InChI is InChI=1S/C30H43N7O6/c1-7-11-37(41-12-10-32-28(39)42-19(2)3)27(38)22-13-21-9-8-20(14-24(21)36-25(31)15-22)23-16-33-26(34-17-23)18-35-29(40)43-30(4,5)6/h8-9,13-14,16,19H,7,10-12,15,17-18H2,1-6H3,(H2,31,36)(H,32,39)(H,33,34)(H,35,40). The minimum Gasteiger partial charge on any atom is -0.447 e. The second kappa shape index (κ2) is 15.2. The van der Waals surface area contributed by atoms with Gasteiger partial charge in [0.25, 0.3) is 5.91 Å². The van der Waals surface area contributed by atoms with E-state index in [2.05, 4.69) is 25.9 Å². The van der Waals surface area contributed by atoms with E-state index < -0.39 is 17.8 Å². The van der Waals surface area contributed by atoms with Gasteiger partial charge in [0.15, 0.2) is 0 Å². The Bertz CT molecular complexity index is 1310. The molecule has 0 saturated carbocycles. The molecule has 13 nitrogen and oxygen atoms in total. The number of hydroxylamine groups is 2. The summed E-state index contributed by atoms with van der Waals surface area (Å²) in [5.74, 6) is 0.597. The molecule has 43 heavy (non-hydrogen) atoms. The predicted octanol–water partition coefficient (Wildman–Crippen LogP) is 3.63. The number of carbonyl (C=O) groups is 3. The van der Waals surface area contributed by atoms with Crippen molar-refractivity contribution in [3.05, 3.63) is 41.1 Å². The Labute approximate surface area is 252 Å². The van der Waals surface area contributed by atoms with Gasteiger partial charge in [0.1, 0.15) is 17.3 Å². The SMILES string of the molecule is CCCN(OCCNC(=O)OC(C)C)C(=O)C1=Cc2ccc(C3=CNC(CNC(=O)OC(C)(C)C)=NC3)cc2N=C(N)C1. The maximum Gasteiger partial charge on any atom is 0.408 e. The van der Waals surface area contributed by atoms with Gasteiger partial charge >= 0.3 is 12.2 Å². The molecule has 13 heteroatoms. The van der Waals surface area contributed by atoms with Gasteiger partial charge in [-0.3, -0.25) is 14.6 Å². The van der Waals surface area contributed by atoms with Crippen molar-refractivity contribution >= 4 is 47.1 Å². The number of ether oxygens (including phenoxy) is 2. The number of fused-ring (bicyclic) bond motifs is 1. The van der Waals surface area contributed by atoms with E-state index in [4.69, 9.17) is 20.0 Å². The molecular formula is C30H43N7O6. The fourth-order valence-electron chi connectivity index (χ4n) is 4.07. The Morgan fingerprint density at radius 2 is 1.93 bits per heavy atom. The van der Waals surface area contributed by atoms with Gasteiger partial charge in [-0.2, -0.15) is 0 Å². The topological polar surface area (TPSA) is 169 Å². The largest absolute Gasteiger partial charge is 0.447 e. The van der Waals surface area contributed by atoms with Crippen LogP contribution in [0.4, 0.5) is 15.3 Å². The molecule has 2 aliphatic rings. The van der Waals surface area contributed by atoms with E-state index in [0.717, 1.165) is 16.7 Å². The zero-order valence-corrected chi connectivity index (χ0v) is 25.8. The summed E-state index contributed by atoms with van der Waals surface area (Å²) in [6.07, 6.45) is 3.17. The zero-order valence-electron chi connectivity index (χ0n) is 25.8. The van der Waals surface area contributed by atoms with Crippen LogP contribution in [-0.2, 0) is 19.1 Å². The summed E-state index contributed by atoms with van der Waals surface area (Å²) < 4.78 is 10.3. The van der Waals surface area contributed by atoms with E-state index in [0.29, 0.717) is 42.4 Å². The monoisotopic (exact) mass is 597 g/mol. The molecule has 234 valence electrons. The normalized spacial score (nSPS) is 14.6. The van der Waals surface area contributed by atoms with Crippen molar-refractivity contribution < 1.29 is 28.7 Å². The minimum absolute atomic E-state index is 0.0974. The van der Waals surface area contributed by atoms with Gasteiger partial charge in [0.2, 0.25) is 0 Å². The molecule has 0 aromatic heterocycles. The van der Waals surface area contributed by atoms with Crippen LogP contribution in [0, 0.1) is 0 Å². The Kier molecular flexibility index (Phi) is 11.7. The number of alkyl carbamates (subject to hydrolysis) is 2. The number of hydrogen-bond donors (Lipinski definition) is 4. The highest BCUT2D eigenvalue weighted by molar-refractivity contribution is 6.05. The molecular weight excluding hydrogens is 554 g/mol. The molecule has 1 aromatic carbocycles. The Morgan fingerprint density at radius 1 is 1.16 bits per heavy atom. The quantitative estimate of drug-likeness (QED) is 0.221. The van der Waals surface area contributed by atoms with Gasteiger partial charge in [-0.05, 0) is 64.3 Å². The van der Waals surface area contributed by atoms with Gasteiger partial charge < -0.3 is 31.2 Å². The number of aliphatic imine (C=N–C) groups is 2. The first kappa shape index (κ1) is 33.1. The maximum atomic E-state index is 13.4. The molecule has 3 amide bonds. The molecule has 0 unspecified atom stereocenters. The Morgan fingerprint density at radius 3 is 2.58 bits per heavy atom. The van der Waals surface area contributed by atoms with Crippen molar-refractivity contribution in [1.82, 2.24) is 21.0 Å². The van der Waals surface area contributed by atoms with Crippen molar-refractivity contribution in [3.63, 3.8) is 0 Å². The first-order valence-electron chi connectivity index (χ1n) is 14.4. The second-order valence-corrected chi connectivity index (χ2v) is 11.3. The van der Waals surface area contributed by atoms with E-state index in [1.165, 1.54) is 5.06 Å². The fourth-order valence-corrected chi connectivity index (χ4v) is 4.07. The summed E-state index contributed by atoms with van der Waals surface area (Å²) in [5, 5.41) is 9.69. The highest BCUT2D eigenvalue weighted by Crippen LogP contribution is 2.31. The summed E-state index contributed by atoms with van der Waals surface area (Å²) in [4.78, 5) is 51.8. The van der Waals surface area contributed by atoms with Crippen LogP contribution in [0.25, 0.3) is 11.6 Å². The van der Waals surface area contributed by atoms with E-state index in [-0.39, 0.29) is 38.1 Å². The van der Waals surface area contributed by atoms with Crippen molar-refractivity contribution in [2.75, 3.05) is 32.8 Å². The number of amides is 3. The number of nitrogens with zero attached hydrogens (tertiary/aromatic N) is 3. The molecule has 0 bridgehead atoms. The maximum absolute atomic E-state index is 13.4. The molecule has 0 saturated heterocycles. The molecule has 2 heterocycles. The van der Waals surface area contributed by atoms with Gasteiger partial charge in [-0.25, -0.2) is 19.6 Å². The zero-order chi connectivity index (χ0) is 31.6. The highest BCUT2D eigenvalue weighted by atomic mass is 16.7. The van der Waals surface area contributed by atoms with Crippen LogP contribution in [0.2, 0.25) is 0 Å². The lowest BCUT2D eigenvalue weighted by atomic mass is 10.0. The smallest absolute Gasteiger partial charge is 0.408 e. The molecule has 0 aliphatic carbocycles. The second-order valence-electron chi connectivity index (χ2n) is 11.3. The number of benzene rings is 1. The number of nitrogens with two attached hydrogens (primary N) is 1. The molecule has 0 fully saturated rings. The van der Waals surface area contributed by atoms with E-state index in [9.17, 15) is 14.4 Å². The van der Waals surface area contributed by atoms with Gasteiger partial charge in [0, 0.05) is 36.8 Å². The van der Waals surface area contributed by atoms with Crippen LogP contribution in [0.15, 0.2) is 40.0 Å². The average molecular weight is 598 g/mol. The van der Waals surface area contributed by atoms with E-state index in [1.807, 2.05) is 31.3 Å². The number of hydrogen-bond acceptors (Lipinski definition) is 10. The third-order valence-electron chi connectivity index (χ3n) is 5.91. The number of carbonyl (C=O) groups excluding carboxylic acids is 3. The number of rotatable bonds is 11. The summed E-state index contributed by atoms with van der Waals surface area (Å²) in [7, 11) is 0. The lowest BCUT2D eigenvalue weighted by molar-refractivity contribution is -0.181. The van der Waals surface area contributed by atoms with Crippen molar-refractivity contribution in [2.24, 2.45) is 15.7 Å². The molecule has 0 atom stereocenters. The third kappa shape index (κ3) is 10.7. The van der Waals surface area contributed by atoms with Crippen LogP contribution >= 0.6 is 0 Å². The van der Waals surface area contributed by atoms with Gasteiger partial charge in [0.05, 0.1) is 31.5 Å². The first-order chi connectivity index (χ1) is 20.3. The molecule has 2 aliphatic heterocycles. The first-order valence-corrected chi connectivity index (χ1v) is 14.4. The summed E-state index contributed by atoms with van der Waals surface area (Å²) >= 11 is 0. The summed E-state index contributed by atoms with van der Waals surface area (Å²) in [6.45, 7) is 12.1. The molecule has 0 spiro atoms. The molecule has 1 aromatic rings. The number of amidine groups is 2. The van der Waals surface area contributed by atoms with Crippen molar-refractivity contribution in [3.8, 4) is 0 Å². The minimum atomic E-state index is -0.578. The van der Waals surface area contributed by atoms with Crippen LogP contribution < -0.4 is 21.7 Å². The lowest BCUT2D eigenvalue weighted by Crippen LogP contribution is -2.39. The molecule has 0 radical (unpaired) electrons. The van der Waals surface area contributed by atoms with Gasteiger partial charge in [-0.1, -0.05) is 19.1 Å². The predicted molar refractivity (Wildman–Crippen MR) is 166 cm³/mol. The summed E-state index contributed by atoms with van der Waals surface area (Å²) in [5.41, 5.74) is 9.30. The van der Waals surface area contributed by atoms with E-state index >= 15 is 0 Å². The van der Waals surface area contributed by atoms with Crippen LogP contribution in [0.3, 0.4) is 0 Å². The van der Waals surface area contributed by atoms with Gasteiger partial charge in [-0.15, -0.1) is 0 Å². The van der Waals surface area contributed by atoms with Crippen LogP contribution in [0.5, 0.6) is 0 Å². The Hall–Kier alpha value is -4.39. The molecule has 3 rings (SSSR count). The summed E-state index contributed by atoms with van der Waals surface area (Å²) in [6, 6.07) is 5.73. The Balaban J connectivity index is 1.64. The van der Waals surface area contributed by atoms with E-state index in [1.54, 1.807) is 40.7 Å². The van der Waals surface area contributed by atoms with Crippen molar-refractivity contribution in [1.29, 1.82) is 0 Å². The number of nitrogens with one attached hydrogen (secondary N) is 3. The van der Waals surface area contributed by atoms with Crippen molar-refractivity contribution in [2.45, 2.75) is 66.1 Å². The molecule has 5 N–H and O–H groups in total. The fraction of sp³-hybridized carbons (Fsp3) is 0.500. The van der Waals surface area contributed by atoms with Crippen LogP contribution in [0.1, 0.15) is 65.5 Å². The average Bonchev–Trinajstić information content (AvgIpc) is 3.09.